The van der Waals surface area contributed by atoms with Gasteiger partial charge in [-0.15, -0.1) is 0 Å². The number of anilines is 1. The topological polar surface area (TPSA) is 52.5 Å². The summed E-state index contributed by atoms with van der Waals surface area (Å²) in [5.74, 6) is 1.47. The maximum absolute atomic E-state index is 5.80. The number of ether oxygens (including phenoxy) is 1. The second-order valence-corrected chi connectivity index (χ2v) is 4.29. The fourth-order valence-electron chi connectivity index (χ4n) is 2.27. The summed E-state index contributed by atoms with van der Waals surface area (Å²) < 4.78 is 7.58. The van der Waals surface area contributed by atoms with Crippen LogP contribution in [-0.2, 0) is 4.74 Å². The normalized spacial score (nSPS) is 21.4. The lowest BCUT2D eigenvalue weighted by Crippen LogP contribution is -2.17. The van der Waals surface area contributed by atoms with Crippen LogP contribution in [0.2, 0.25) is 0 Å². The Morgan fingerprint density at radius 2 is 2.38 bits per heavy atom. The minimum absolute atomic E-state index is 0.401. The first-order chi connectivity index (χ1) is 7.84. The molecule has 1 aliphatic rings. The predicted molar refractivity (Wildman–Crippen MR) is 62.4 cm³/mol. The third-order valence-electron chi connectivity index (χ3n) is 3.10. The van der Waals surface area contributed by atoms with Gasteiger partial charge in [-0.1, -0.05) is 0 Å². The third-order valence-corrected chi connectivity index (χ3v) is 3.10. The Hall–Kier alpha value is -1.55. The van der Waals surface area contributed by atoms with Crippen molar-refractivity contribution < 1.29 is 4.74 Å². The minimum Gasteiger partial charge on any atom is -0.398 e. The Morgan fingerprint density at radius 1 is 1.44 bits per heavy atom. The molecular formula is C12H15N3O. The first kappa shape index (κ1) is 9.66. The summed E-state index contributed by atoms with van der Waals surface area (Å²) in [6.07, 6.45) is 6.09. The molecule has 0 aromatic carbocycles. The van der Waals surface area contributed by atoms with Crippen molar-refractivity contribution in [3.63, 3.8) is 0 Å². The van der Waals surface area contributed by atoms with Crippen LogP contribution in [-0.4, -0.2) is 22.6 Å². The molecule has 2 aromatic rings. The zero-order chi connectivity index (χ0) is 11.0. The van der Waals surface area contributed by atoms with Crippen molar-refractivity contribution in [1.82, 2.24) is 9.38 Å². The van der Waals surface area contributed by atoms with E-state index in [1.54, 1.807) is 0 Å². The number of rotatable bonds is 1. The highest BCUT2D eigenvalue weighted by Crippen LogP contribution is 2.25. The van der Waals surface area contributed by atoms with Crippen LogP contribution in [0.1, 0.15) is 24.6 Å². The highest BCUT2D eigenvalue weighted by Gasteiger charge is 2.20. The first-order valence-electron chi connectivity index (χ1n) is 5.65. The van der Waals surface area contributed by atoms with Gasteiger partial charge >= 0.3 is 0 Å². The van der Waals surface area contributed by atoms with Crippen LogP contribution < -0.4 is 5.73 Å². The van der Waals surface area contributed by atoms with Gasteiger partial charge in [0.2, 0.25) is 0 Å². The number of pyridine rings is 1. The number of fused-ring (bicyclic) bond motifs is 1. The van der Waals surface area contributed by atoms with Crippen molar-refractivity contribution >= 4 is 11.2 Å². The van der Waals surface area contributed by atoms with Gasteiger partial charge in [-0.25, -0.2) is 4.98 Å². The molecule has 4 nitrogen and oxygen atoms in total. The summed E-state index contributed by atoms with van der Waals surface area (Å²) in [5, 5.41) is 0. The second-order valence-electron chi connectivity index (χ2n) is 4.29. The lowest BCUT2D eigenvalue weighted by Gasteiger charge is -2.21. The molecule has 16 heavy (non-hydrogen) atoms. The number of nitrogen functional groups attached to an aromatic ring is 1. The van der Waals surface area contributed by atoms with Crippen molar-refractivity contribution in [3.8, 4) is 0 Å². The van der Waals surface area contributed by atoms with E-state index in [2.05, 4.69) is 9.38 Å². The molecule has 1 saturated heterocycles. The summed E-state index contributed by atoms with van der Waals surface area (Å²) in [4.78, 5) is 4.49. The molecular weight excluding hydrogens is 202 g/mol. The van der Waals surface area contributed by atoms with Gasteiger partial charge in [-0.3, -0.25) is 0 Å². The van der Waals surface area contributed by atoms with Crippen LogP contribution in [0.15, 0.2) is 24.5 Å². The highest BCUT2D eigenvalue weighted by atomic mass is 16.5. The summed E-state index contributed by atoms with van der Waals surface area (Å²) >= 11 is 0. The van der Waals surface area contributed by atoms with Gasteiger partial charge in [-0.2, -0.15) is 0 Å². The quantitative estimate of drug-likeness (QED) is 0.792. The molecule has 4 heteroatoms. The molecule has 0 bridgehead atoms. The monoisotopic (exact) mass is 217 g/mol. The van der Waals surface area contributed by atoms with Gasteiger partial charge < -0.3 is 14.9 Å². The smallest absolute Gasteiger partial charge is 0.118 e. The maximum Gasteiger partial charge on any atom is 0.118 e. The van der Waals surface area contributed by atoms with Crippen LogP contribution in [0.5, 0.6) is 0 Å². The zero-order valence-electron chi connectivity index (χ0n) is 9.10. The van der Waals surface area contributed by atoms with Crippen LogP contribution in [0, 0.1) is 0 Å². The van der Waals surface area contributed by atoms with Crippen molar-refractivity contribution in [3.05, 3.63) is 30.4 Å². The van der Waals surface area contributed by atoms with Gasteiger partial charge in [0, 0.05) is 24.4 Å². The Morgan fingerprint density at radius 3 is 3.19 bits per heavy atom. The number of nitrogens with zero attached hydrogens (tertiary/aromatic N) is 2. The number of hydrogen-bond acceptors (Lipinski definition) is 3. The lowest BCUT2D eigenvalue weighted by atomic mass is 10.0. The molecule has 3 heterocycles. The largest absolute Gasteiger partial charge is 0.398 e. The molecule has 2 N–H and O–H groups in total. The minimum atomic E-state index is 0.401. The molecule has 1 atom stereocenters. The zero-order valence-corrected chi connectivity index (χ0v) is 9.10. The van der Waals surface area contributed by atoms with Gasteiger partial charge in [0.25, 0.3) is 0 Å². The van der Waals surface area contributed by atoms with Gasteiger partial charge in [-0.05, 0) is 25.0 Å². The molecule has 2 aromatic heterocycles. The Bertz CT molecular complexity index is 500. The fourth-order valence-corrected chi connectivity index (χ4v) is 2.27. The van der Waals surface area contributed by atoms with E-state index in [4.69, 9.17) is 10.5 Å². The van der Waals surface area contributed by atoms with Crippen molar-refractivity contribution in [1.29, 1.82) is 0 Å². The van der Waals surface area contributed by atoms with Crippen LogP contribution in [0.4, 0.5) is 5.69 Å². The van der Waals surface area contributed by atoms with Gasteiger partial charge in [0.15, 0.2) is 0 Å². The van der Waals surface area contributed by atoms with E-state index < -0.39 is 0 Å². The Balaban J connectivity index is 2.05. The Kier molecular flexibility index (Phi) is 2.29. The number of nitrogens with two attached hydrogens (primary N) is 1. The van der Waals surface area contributed by atoms with Crippen LogP contribution >= 0.6 is 0 Å². The Labute approximate surface area is 94.0 Å². The SMILES string of the molecule is Nc1ccc2cnc(C3CCCOC3)n2c1. The van der Waals surface area contributed by atoms with Gasteiger partial charge in [0.05, 0.1) is 18.3 Å². The summed E-state index contributed by atoms with van der Waals surface area (Å²) in [6.45, 7) is 1.65. The molecule has 0 radical (unpaired) electrons. The molecule has 1 fully saturated rings. The lowest BCUT2D eigenvalue weighted by molar-refractivity contribution is 0.0779. The molecule has 0 saturated carbocycles. The maximum atomic E-state index is 5.80. The molecule has 1 unspecified atom stereocenters. The molecule has 3 rings (SSSR count). The molecule has 84 valence electrons. The average molecular weight is 217 g/mol. The number of imidazole rings is 1. The van der Waals surface area contributed by atoms with E-state index in [0.717, 1.165) is 43.1 Å². The fraction of sp³-hybridized carbons (Fsp3) is 0.417. The van der Waals surface area contributed by atoms with Crippen LogP contribution in [0.25, 0.3) is 5.52 Å². The molecule has 0 spiro atoms. The van der Waals surface area contributed by atoms with E-state index in [9.17, 15) is 0 Å². The molecule has 0 aliphatic carbocycles. The van der Waals surface area contributed by atoms with E-state index in [1.165, 1.54) is 0 Å². The van der Waals surface area contributed by atoms with E-state index >= 15 is 0 Å². The third kappa shape index (κ3) is 1.55. The van der Waals surface area contributed by atoms with E-state index in [-0.39, 0.29) is 0 Å². The summed E-state index contributed by atoms with van der Waals surface area (Å²) in [6, 6.07) is 3.90. The predicted octanol–water partition coefficient (Wildman–Crippen LogP) is 1.81. The van der Waals surface area contributed by atoms with Gasteiger partial charge in [0.1, 0.15) is 5.82 Å². The van der Waals surface area contributed by atoms with E-state index in [0.29, 0.717) is 5.92 Å². The molecule has 1 aliphatic heterocycles. The standard InChI is InChI=1S/C12H15N3O/c13-10-3-4-11-6-14-12(15(11)7-10)9-2-1-5-16-8-9/h3-4,6-7,9H,1-2,5,8,13H2. The second kappa shape index (κ2) is 3.79. The number of hydrogen-bond donors (Lipinski definition) is 1. The highest BCUT2D eigenvalue weighted by molar-refractivity contribution is 5.52. The summed E-state index contributed by atoms with van der Waals surface area (Å²) in [5.41, 5.74) is 7.66. The first-order valence-corrected chi connectivity index (χ1v) is 5.65. The van der Waals surface area contributed by atoms with E-state index in [1.807, 2.05) is 24.5 Å². The number of aromatic nitrogens is 2. The van der Waals surface area contributed by atoms with Crippen LogP contribution in [0.3, 0.4) is 0 Å². The molecule has 0 amide bonds. The van der Waals surface area contributed by atoms with Crippen molar-refractivity contribution in [2.24, 2.45) is 0 Å². The van der Waals surface area contributed by atoms with Crippen molar-refractivity contribution in [2.45, 2.75) is 18.8 Å². The average Bonchev–Trinajstić information content (AvgIpc) is 2.73. The summed E-state index contributed by atoms with van der Waals surface area (Å²) in [7, 11) is 0. The van der Waals surface area contributed by atoms with Crippen molar-refractivity contribution in [2.75, 3.05) is 18.9 Å².